The van der Waals surface area contributed by atoms with Crippen molar-refractivity contribution >= 4 is 5.78 Å². The summed E-state index contributed by atoms with van der Waals surface area (Å²) in [6.07, 6.45) is 0. The van der Waals surface area contributed by atoms with Crippen molar-refractivity contribution in [1.82, 2.24) is 4.57 Å². The van der Waals surface area contributed by atoms with Crippen molar-refractivity contribution in [1.29, 1.82) is 0 Å². The molecule has 0 atom stereocenters. The second-order valence-electron chi connectivity index (χ2n) is 8.33. The van der Waals surface area contributed by atoms with E-state index >= 15 is 0 Å². The molecule has 4 aromatic carbocycles. The Hall–Kier alpha value is -4.17. The second-order valence-corrected chi connectivity index (χ2v) is 8.33. The quantitative estimate of drug-likeness (QED) is 0.261. The van der Waals surface area contributed by atoms with Gasteiger partial charge in [0, 0.05) is 16.8 Å². The van der Waals surface area contributed by atoms with Gasteiger partial charge < -0.3 is 4.57 Å². The Labute approximate surface area is 194 Å². The zero-order valence-corrected chi connectivity index (χ0v) is 18.8. The van der Waals surface area contributed by atoms with Crippen LogP contribution in [-0.2, 0) is 0 Å². The van der Waals surface area contributed by atoms with E-state index in [-0.39, 0.29) is 5.78 Å². The van der Waals surface area contributed by atoms with E-state index in [4.69, 9.17) is 0 Å². The summed E-state index contributed by atoms with van der Waals surface area (Å²) in [6.45, 7) is 3.71. The van der Waals surface area contributed by atoms with Gasteiger partial charge in [-0.05, 0) is 60.9 Å². The van der Waals surface area contributed by atoms with Crippen LogP contribution in [0.15, 0.2) is 115 Å². The van der Waals surface area contributed by atoms with E-state index in [1.165, 1.54) is 16.7 Å². The first-order valence-electron chi connectivity index (χ1n) is 11.2. The third-order valence-electron chi connectivity index (χ3n) is 6.01. The van der Waals surface area contributed by atoms with Crippen LogP contribution < -0.4 is 0 Å². The van der Waals surface area contributed by atoms with Crippen LogP contribution in [0, 0.1) is 6.92 Å². The largest absolute Gasteiger partial charge is 0.309 e. The number of aryl methyl sites for hydroxylation is 1. The minimum atomic E-state index is 0.0704. The lowest BCUT2D eigenvalue weighted by Crippen LogP contribution is -2.01. The van der Waals surface area contributed by atoms with Gasteiger partial charge in [0.2, 0.25) is 0 Å². The predicted molar refractivity (Wildman–Crippen MR) is 137 cm³/mol. The van der Waals surface area contributed by atoms with Crippen molar-refractivity contribution in [3.63, 3.8) is 0 Å². The summed E-state index contributed by atoms with van der Waals surface area (Å²) in [7, 11) is 0. The van der Waals surface area contributed by atoms with Gasteiger partial charge in [-0.25, -0.2) is 0 Å². The van der Waals surface area contributed by atoms with Crippen molar-refractivity contribution in [3.8, 4) is 39.3 Å². The van der Waals surface area contributed by atoms with E-state index in [0.717, 1.165) is 28.2 Å². The first-order valence-corrected chi connectivity index (χ1v) is 11.2. The lowest BCUT2D eigenvalue weighted by Gasteiger charge is -2.16. The molecule has 5 rings (SSSR count). The van der Waals surface area contributed by atoms with Crippen molar-refractivity contribution in [3.05, 3.63) is 126 Å². The fraction of sp³-hybridized carbons (Fsp3) is 0.0645. The summed E-state index contributed by atoms with van der Waals surface area (Å²) >= 11 is 0. The minimum Gasteiger partial charge on any atom is -0.309 e. The number of rotatable bonds is 5. The van der Waals surface area contributed by atoms with Crippen molar-refractivity contribution in [2.75, 3.05) is 0 Å². The Morgan fingerprint density at radius 1 is 0.636 bits per heavy atom. The smallest absolute Gasteiger partial charge is 0.159 e. The normalized spacial score (nSPS) is 10.8. The number of aromatic nitrogens is 1. The van der Waals surface area contributed by atoms with E-state index in [1.54, 1.807) is 6.92 Å². The summed E-state index contributed by atoms with van der Waals surface area (Å²) in [5.74, 6) is 0.0704. The molecule has 160 valence electrons. The van der Waals surface area contributed by atoms with Crippen LogP contribution in [0.4, 0.5) is 0 Å². The summed E-state index contributed by atoms with van der Waals surface area (Å²) < 4.78 is 2.31. The molecule has 2 nitrogen and oxygen atoms in total. The van der Waals surface area contributed by atoms with E-state index in [1.807, 2.05) is 36.4 Å². The first-order chi connectivity index (χ1) is 16.1. The molecule has 0 spiro atoms. The van der Waals surface area contributed by atoms with Gasteiger partial charge in [-0.1, -0.05) is 90.5 Å². The summed E-state index contributed by atoms with van der Waals surface area (Å²) in [5.41, 5.74) is 9.85. The molecule has 0 radical (unpaired) electrons. The SMILES string of the molecule is CC(=O)c1ccc(-n2c(-c3ccc(C)cc3)cc(-c3ccccc3)c2-c2ccccc2)cc1. The molecule has 5 aromatic rings. The Morgan fingerprint density at radius 2 is 1.21 bits per heavy atom. The Balaban J connectivity index is 1.85. The van der Waals surface area contributed by atoms with Crippen molar-refractivity contribution in [2.45, 2.75) is 13.8 Å². The number of carbonyl (C=O) groups is 1. The molecule has 0 aliphatic carbocycles. The van der Waals surface area contributed by atoms with Gasteiger partial charge in [-0.3, -0.25) is 4.79 Å². The third-order valence-corrected chi connectivity index (χ3v) is 6.01. The molecule has 2 heteroatoms. The first kappa shape index (κ1) is 20.7. The number of benzene rings is 4. The molecule has 1 heterocycles. The van der Waals surface area contributed by atoms with E-state index in [2.05, 4.69) is 90.4 Å². The highest BCUT2D eigenvalue weighted by atomic mass is 16.1. The maximum absolute atomic E-state index is 11.9. The number of hydrogen-bond acceptors (Lipinski definition) is 1. The van der Waals surface area contributed by atoms with Gasteiger partial charge in [0.15, 0.2) is 5.78 Å². The molecule has 0 amide bonds. The number of hydrogen-bond donors (Lipinski definition) is 0. The summed E-state index contributed by atoms with van der Waals surface area (Å²) in [4.78, 5) is 11.9. The molecule has 0 saturated heterocycles. The maximum atomic E-state index is 11.9. The van der Waals surface area contributed by atoms with Crippen molar-refractivity contribution < 1.29 is 4.79 Å². The molecule has 0 N–H and O–H groups in total. The highest BCUT2D eigenvalue weighted by molar-refractivity contribution is 5.94. The van der Waals surface area contributed by atoms with Gasteiger partial charge >= 0.3 is 0 Å². The molecule has 0 unspecified atom stereocenters. The number of carbonyl (C=O) groups excluding carboxylic acids is 1. The average Bonchev–Trinajstić information content (AvgIpc) is 3.26. The molecule has 0 fully saturated rings. The van der Waals surface area contributed by atoms with E-state index in [9.17, 15) is 4.79 Å². The van der Waals surface area contributed by atoms with Crippen LogP contribution in [0.5, 0.6) is 0 Å². The van der Waals surface area contributed by atoms with Gasteiger partial charge in [0.1, 0.15) is 0 Å². The highest BCUT2D eigenvalue weighted by Crippen LogP contribution is 2.41. The molecule has 1 aromatic heterocycles. The monoisotopic (exact) mass is 427 g/mol. The summed E-state index contributed by atoms with van der Waals surface area (Å²) in [6, 6.07) is 39.8. The van der Waals surface area contributed by atoms with Gasteiger partial charge in [-0.15, -0.1) is 0 Å². The Kier molecular flexibility index (Phi) is 5.50. The fourth-order valence-electron chi connectivity index (χ4n) is 4.28. The van der Waals surface area contributed by atoms with Gasteiger partial charge in [0.25, 0.3) is 0 Å². The van der Waals surface area contributed by atoms with Crippen LogP contribution in [0.1, 0.15) is 22.8 Å². The minimum absolute atomic E-state index is 0.0704. The number of Topliss-reactive ketones (excluding diaryl/α,β-unsaturated/α-hetero) is 1. The molecule has 33 heavy (non-hydrogen) atoms. The highest BCUT2D eigenvalue weighted by Gasteiger charge is 2.20. The lowest BCUT2D eigenvalue weighted by molar-refractivity contribution is 0.101. The molecular weight excluding hydrogens is 402 g/mol. The van der Waals surface area contributed by atoms with E-state index < -0.39 is 0 Å². The Morgan fingerprint density at radius 3 is 1.79 bits per heavy atom. The average molecular weight is 428 g/mol. The topological polar surface area (TPSA) is 22.0 Å². The third kappa shape index (κ3) is 4.04. The van der Waals surface area contributed by atoms with Crippen LogP contribution in [0.2, 0.25) is 0 Å². The molecule has 0 saturated carbocycles. The fourth-order valence-corrected chi connectivity index (χ4v) is 4.28. The maximum Gasteiger partial charge on any atom is 0.159 e. The molecular formula is C31H25NO. The Bertz CT molecular complexity index is 1390. The standard InChI is InChI=1S/C31H25NO/c1-22-13-15-26(16-14-22)30-21-29(25-9-5-3-6-10-25)31(27-11-7-4-8-12-27)32(30)28-19-17-24(18-20-28)23(2)33/h3-21H,1-2H3. The predicted octanol–water partition coefficient (Wildman–Crippen LogP) is 7.99. The summed E-state index contributed by atoms with van der Waals surface area (Å²) in [5, 5.41) is 0. The van der Waals surface area contributed by atoms with Crippen LogP contribution in [-0.4, -0.2) is 10.4 Å². The second kappa shape index (κ2) is 8.76. The van der Waals surface area contributed by atoms with Gasteiger partial charge in [-0.2, -0.15) is 0 Å². The zero-order chi connectivity index (χ0) is 22.8. The van der Waals surface area contributed by atoms with Crippen LogP contribution >= 0.6 is 0 Å². The zero-order valence-electron chi connectivity index (χ0n) is 18.8. The van der Waals surface area contributed by atoms with Crippen molar-refractivity contribution in [2.24, 2.45) is 0 Å². The molecule has 0 aliphatic rings. The number of ketones is 1. The van der Waals surface area contributed by atoms with Gasteiger partial charge in [0.05, 0.1) is 11.4 Å². The van der Waals surface area contributed by atoms with Crippen LogP contribution in [0.25, 0.3) is 39.3 Å². The molecule has 0 bridgehead atoms. The lowest BCUT2D eigenvalue weighted by atomic mass is 10.0. The van der Waals surface area contributed by atoms with E-state index in [0.29, 0.717) is 5.56 Å². The number of nitrogens with zero attached hydrogens (tertiary/aromatic N) is 1. The molecule has 0 aliphatic heterocycles. The van der Waals surface area contributed by atoms with Crippen LogP contribution in [0.3, 0.4) is 0 Å².